The molecule has 1 heterocycles. The SMILES string of the molecule is CC(NCC1CCCC1O)C(=O)N1CCCCC1. The molecular weight excluding hydrogens is 228 g/mol. The highest BCUT2D eigenvalue weighted by Gasteiger charge is 2.27. The third-order valence-corrected chi connectivity index (χ3v) is 4.34. The summed E-state index contributed by atoms with van der Waals surface area (Å²) in [5, 5.41) is 13.1. The monoisotopic (exact) mass is 254 g/mol. The first-order valence-corrected chi connectivity index (χ1v) is 7.38. The lowest BCUT2D eigenvalue weighted by atomic mass is 10.1. The van der Waals surface area contributed by atoms with Crippen molar-refractivity contribution in [2.75, 3.05) is 19.6 Å². The predicted octanol–water partition coefficient (Wildman–Crippen LogP) is 1.14. The molecule has 1 saturated heterocycles. The first-order chi connectivity index (χ1) is 8.68. The highest BCUT2D eigenvalue weighted by atomic mass is 16.3. The first-order valence-electron chi connectivity index (χ1n) is 7.38. The van der Waals surface area contributed by atoms with Gasteiger partial charge in [-0.1, -0.05) is 6.42 Å². The van der Waals surface area contributed by atoms with Gasteiger partial charge in [-0.3, -0.25) is 4.79 Å². The number of amides is 1. The van der Waals surface area contributed by atoms with E-state index < -0.39 is 0 Å². The number of likely N-dealkylation sites (tertiary alicyclic amines) is 1. The van der Waals surface area contributed by atoms with Crippen LogP contribution in [0.15, 0.2) is 0 Å². The number of nitrogens with zero attached hydrogens (tertiary/aromatic N) is 1. The molecule has 0 bridgehead atoms. The summed E-state index contributed by atoms with van der Waals surface area (Å²) >= 11 is 0. The third kappa shape index (κ3) is 3.45. The van der Waals surface area contributed by atoms with Crippen LogP contribution in [-0.4, -0.2) is 47.7 Å². The van der Waals surface area contributed by atoms with Gasteiger partial charge in [0, 0.05) is 19.6 Å². The van der Waals surface area contributed by atoms with Crippen LogP contribution in [0.3, 0.4) is 0 Å². The van der Waals surface area contributed by atoms with Crippen molar-refractivity contribution in [2.24, 2.45) is 5.92 Å². The zero-order valence-electron chi connectivity index (χ0n) is 11.4. The van der Waals surface area contributed by atoms with Crippen molar-refractivity contribution in [1.29, 1.82) is 0 Å². The normalized spacial score (nSPS) is 30.4. The van der Waals surface area contributed by atoms with E-state index in [1.54, 1.807) is 0 Å². The number of nitrogens with one attached hydrogen (secondary N) is 1. The molecular formula is C14H26N2O2. The van der Waals surface area contributed by atoms with Crippen molar-refractivity contribution >= 4 is 5.91 Å². The van der Waals surface area contributed by atoms with Crippen molar-refractivity contribution in [3.8, 4) is 0 Å². The number of carbonyl (C=O) groups is 1. The number of aliphatic hydroxyl groups is 1. The van der Waals surface area contributed by atoms with Gasteiger partial charge in [0.25, 0.3) is 0 Å². The Balaban J connectivity index is 1.73. The van der Waals surface area contributed by atoms with Crippen LogP contribution in [0.5, 0.6) is 0 Å². The largest absolute Gasteiger partial charge is 0.393 e. The number of rotatable bonds is 4. The van der Waals surface area contributed by atoms with E-state index in [0.29, 0.717) is 5.92 Å². The fourth-order valence-corrected chi connectivity index (χ4v) is 3.06. The first kappa shape index (κ1) is 13.8. The lowest BCUT2D eigenvalue weighted by Gasteiger charge is -2.30. The molecule has 0 spiro atoms. The van der Waals surface area contributed by atoms with Gasteiger partial charge < -0.3 is 15.3 Å². The van der Waals surface area contributed by atoms with Crippen LogP contribution >= 0.6 is 0 Å². The summed E-state index contributed by atoms with van der Waals surface area (Å²) in [6, 6.07) is -0.115. The van der Waals surface area contributed by atoms with Crippen LogP contribution in [0.25, 0.3) is 0 Å². The van der Waals surface area contributed by atoms with Gasteiger partial charge in [-0.15, -0.1) is 0 Å². The maximum absolute atomic E-state index is 12.2. The van der Waals surface area contributed by atoms with Crippen LogP contribution in [0.1, 0.15) is 45.4 Å². The summed E-state index contributed by atoms with van der Waals surface area (Å²) in [4.78, 5) is 14.2. The van der Waals surface area contributed by atoms with Gasteiger partial charge in [0.1, 0.15) is 0 Å². The average Bonchev–Trinajstić information content (AvgIpc) is 2.81. The van der Waals surface area contributed by atoms with E-state index in [1.165, 1.54) is 6.42 Å². The second kappa shape index (κ2) is 6.53. The molecule has 1 saturated carbocycles. The molecule has 18 heavy (non-hydrogen) atoms. The molecule has 0 aromatic carbocycles. The van der Waals surface area contributed by atoms with E-state index in [-0.39, 0.29) is 18.1 Å². The molecule has 0 aromatic heterocycles. The van der Waals surface area contributed by atoms with Crippen molar-refractivity contribution in [3.63, 3.8) is 0 Å². The molecule has 4 heteroatoms. The molecule has 3 atom stereocenters. The molecule has 1 amide bonds. The maximum atomic E-state index is 12.2. The van der Waals surface area contributed by atoms with Crippen LogP contribution in [0.2, 0.25) is 0 Å². The van der Waals surface area contributed by atoms with E-state index in [4.69, 9.17) is 0 Å². The molecule has 104 valence electrons. The third-order valence-electron chi connectivity index (χ3n) is 4.34. The molecule has 0 radical (unpaired) electrons. The van der Waals surface area contributed by atoms with Gasteiger partial charge in [0.15, 0.2) is 0 Å². The predicted molar refractivity (Wildman–Crippen MR) is 71.2 cm³/mol. The van der Waals surface area contributed by atoms with E-state index in [9.17, 15) is 9.90 Å². The Bertz CT molecular complexity index is 277. The van der Waals surface area contributed by atoms with Gasteiger partial charge in [-0.05, 0) is 44.9 Å². The Kier molecular flexibility index (Phi) is 5.01. The highest BCUT2D eigenvalue weighted by Crippen LogP contribution is 2.24. The zero-order chi connectivity index (χ0) is 13.0. The summed E-state index contributed by atoms with van der Waals surface area (Å²) < 4.78 is 0. The summed E-state index contributed by atoms with van der Waals surface area (Å²) in [6.45, 7) is 4.54. The smallest absolute Gasteiger partial charge is 0.239 e. The molecule has 2 aliphatic rings. The van der Waals surface area contributed by atoms with E-state index in [1.807, 2.05) is 11.8 Å². The fraction of sp³-hybridized carbons (Fsp3) is 0.929. The maximum Gasteiger partial charge on any atom is 0.239 e. The number of carbonyl (C=O) groups excluding carboxylic acids is 1. The van der Waals surface area contributed by atoms with E-state index in [2.05, 4.69) is 5.32 Å². The number of hydrogen-bond acceptors (Lipinski definition) is 3. The van der Waals surface area contributed by atoms with Crippen molar-refractivity contribution in [3.05, 3.63) is 0 Å². The summed E-state index contributed by atoms with van der Waals surface area (Å²) in [5.41, 5.74) is 0. The lowest BCUT2D eigenvalue weighted by molar-refractivity contribution is -0.134. The van der Waals surface area contributed by atoms with E-state index in [0.717, 1.165) is 51.7 Å². The quantitative estimate of drug-likeness (QED) is 0.791. The zero-order valence-corrected chi connectivity index (χ0v) is 11.4. The minimum Gasteiger partial charge on any atom is -0.393 e. The van der Waals surface area contributed by atoms with Crippen LogP contribution in [0, 0.1) is 5.92 Å². The van der Waals surface area contributed by atoms with Crippen molar-refractivity contribution in [2.45, 2.75) is 57.6 Å². The minimum absolute atomic E-state index is 0.115. The summed E-state index contributed by atoms with van der Waals surface area (Å²) in [6.07, 6.45) is 6.47. The Morgan fingerprint density at radius 2 is 2.00 bits per heavy atom. The summed E-state index contributed by atoms with van der Waals surface area (Å²) in [7, 11) is 0. The topological polar surface area (TPSA) is 52.6 Å². The highest BCUT2D eigenvalue weighted by molar-refractivity contribution is 5.81. The van der Waals surface area contributed by atoms with Crippen molar-refractivity contribution in [1.82, 2.24) is 10.2 Å². The Labute approximate surface area is 110 Å². The molecule has 1 aliphatic carbocycles. The molecule has 2 rings (SSSR count). The second-order valence-electron chi connectivity index (χ2n) is 5.77. The number of hydrogen-bond donors (Lipinski definition) is 2. The lowest BCUT2D eigenvalue weighted by Crippen LogP contribution is -2.48. The standard InChI is InChI=1S/C14H26N2O2/c1-11(14(18)16-8-3-2-4-9-16)15-10-12-6-5-7-13(12)17/h11-13,15,17H,2-10H2,1H3. The van der Waals surface area contributed by atoms with Gasteiger partial charge >= 0.3 is 0 Å². The van der Waals surface area contributed by atoms with Gasteiger partial charge in [-0.2, -0.15) is 0 Å². The molecule has 2 N–H and O–H groups in total. The molecule has 4 nitrogen and oxygen atoms in total. The average molecular weight is 254 g/mol. The Morgan fingerprint density at radius 3 is 2.61 bits per heavy atom. The molecule has 1 aliphatic heterocycles. The second-order valence-corrected chi connectivity index (χ2v) is 5.77. The van der Waals surface area contributed by atoms with Crippen LogP contribution in [0.4, 0.5) is 0 Å². The Hall–Kier alpha value is -0.610. The van der Waals surface area contributed by atoms with Crippen LogP contribution < -0.4 is 5.32 Å². The molecule has 0 aromatic rings. The summed E-state index contributed by atoms with van der Waals surface area (Å²) in [5.74, 6) is 0.559. The molecule has 2 fully saturated rings. The minimum atomic E-state index is -0.171. The van der Waals surface area contributed by atoms with Gasteiger partial charge in [0.2, 0.25) is 5.91 Å². The van der Waals surface area contributed by atoms with Crippen molar-refractivity contribution < 1.29 is 9.90 Å². The molecule has 3 unspecified atom stereocenters. The number of piperidine rings is 1. The Morgan fingerprint density at radius 1 is 1.28 bits per heavy atom. The van der Waals surface area contributed by atoms with Gasteiger partial charge in [-0.25, -0.2) is 0 Å². The number of aliphatic hydroxyl groups excluding tert-OH is 1. The van der Waals surface area contributed by atoms with Crippen LogP contribution in [-0.2, 0) is 4.79 Å². The van der Waals surface area contributed by atoms with Gasteiger partial charge in [0.05, 0.1) is 12.1 Å². The van der Waals surface area contributed by atoms with E-state index >= 15 is 0 Å². The fourth-order valence-electron chi connectivity index (χ4n) is 3.06.